The smallest absolute Gasteiger partial charge is 0.310 e. The average molecular weight is 226 g/mol. The Morgan fingerprint density at radius 2 is 2.19 bits per heavy atom. The lowest BCUT2D eigenvalue weighted by Crippen LogP contribution is -2.14. The van der Waals surface area contributed by atoms with Crippen LogP contribution in [0.1, 0.15) is 18.0 Å². The quantitative estimate of drug-likeness (QED) is 0.514. The lowest BCUT2D eigenvalue weighted by atomic mass is 10.0. The van der Waals surface area contributed by atoms with Crippen molar-refractivity contribution in [3.63, 3.8) is 0 Å². The molecule has 0 radical (unpaired) electrons. The van der Waals surface area contributed by atoms with Crippen LogP contribution in [0.3, 0.4) is 0 Å². The molecule has 0 aliphatic heterocycles. The van der Waals surface area contributed by atoms with Crippen LogP contribution < -0.4 is 5.73 Å². The topological polar surface area (TPSA) is 127 Å². The van der Waals surface area contributed by atoms with E-state index < -0.39 is 28.4 Å². The van der Waals surface area contributed by atoms with E-state index in [0.717, 1.165) is 12.1 Å². The number of nitrogens with zero attached hydrogens (tertiary/aromatic N) is 1. The summed E-state index contributed by atoms with van der Waals surface area (Å²) in [5.41, 5.74) is 5.43. The minimum absolute atomic E-state index is 0.308. The Kier molecular flexibility index (Phi) is 3.41. The summed E-state index contributed by atoms with van der Waals surface area (Å²) >= 11 is 0. The molecule has 0 fully saturated rings. The molecule has 0 unspecified atom stereocenters. The number of benzene rings is 1. The normalized spacial score (nSPS) is 12.1. The number of nitrogens with two attached hydrogens (primary N) is 1. The first-order valence-electron chi connectivity index (χ1n) is 4.36. The molecule has 0 spiro atoms. The SMILES string of the molecule is N[C@H](CC(=O)O)c1ccc([N+](=O)[O-])c(O)c1. The van der Waals surface area contributed by atoms with E-state index >= 15 is 0 Å². The van der Waals surface area contributed by atoms with E-state index in [2.05, 4.69) is 0 Å². The maximum atomic E-state index is 10.4. The summed E-state index contributed by atoms with van der Waals surface area (Å²) in [6.07, 6.45) is -0.308. The third-order valence-electron chi connectivity index (χ3n) is 2.02. The summed E-state index contributed by atoms with van der Waals surface area (Å²) in [6.45, 7) is 0. The molecule has 0 heterocycles. The van der Waals surface area contributed by atoms with Crippen LogP contribution in [0, 0.1) is 10.1 Å². The van der Waals surface area contributed by atoms with Gasteiger partial charge >= 0.3 is 11.7 Å². The van der Waals surface area contributed by atoms with Crippen LogP contribution >= 0.6 is 0 Å². The van der Waals surface area contributed by atoms with Gasteiger partial charge in [-0.25, -0.2) is 0 Å². The van der Waals surface area contributed by atoms with E-state index in [4.69, 9.17) is 10.8 Å². The van der Waals surface area contributed by atoms with Gasteiger partial charge in [0.05, 0.1) is 11.3 Å². The molecule has 0 aliphatic rings. The Bertz CT molecular complexity index is 432. The molecular formula is C9H10N2O5. The molecule has 7 nitrogen and oxygen atoms in total. The van der Waals surface area contributed by atoms with Gasteiger partial charge in [0.15, 0.2) is 5.75 Å². The molecular weight excluding hydrogens is 216 g/mol. The van der Waals surface area contributed by atoms with Crippen LogP contribution in [-0.4, -0.2) is 21.1 Å². The zero-order valence-electron chi connectivity index (χ0n) is 8.16. The first-order valence-corrected chi connectivity index (χ1v) is 4.36. The van der Waals surface area contributed by atoms with Crippen molar-refractivity contribution in [3.05, 3.63) is 33.9 Å². The number of phenols is 1. The third kappa shape index (κ3) is 2.67. The molecule has 1 rings (SSSR count). The van der Waals surface area contributed by atoms with Crippen LogP contribution in [0.25, 0.3) is 0 Å². The maximum Gasteiger partial charge on any atom is 0.310 e. The van der Waals surface area contributed by atoms with Crippen molar-refractivity contribution in [3.8, 4) is 5.75 Å². The number of nitro benzene ring substituents is 1. The summed E-state index contributed by atoms with van der Waals surface area (Å²) in [5, 5.41) is 28.2. The van der Waals surface area contributed by atoms with Gasteiger partial charge in [-0.3, -0.25) is 14.9 Å². The summed E-state index contributed by atoms with van der Waals surface area (Å²) < 4.78 is 0. The number of aliphatic carboxylic acids is 1. The second-order valence-corrected chi connectivity index (χ2v) is 3.21. The van der Waals surface area contributed by atoms with Gasteiger partial charge in [-0.05, 0) is 11.6 Å². The zero-order valence-corrected chi connectivity index (χ0v) is 8.16. The fraction of sp³-hybridized carbons (Fsp3) is 0.222. The van der Waals surface area contributed by atoms with E-state index in [-0.39, 0.29) is 6.42 Å². The summed E-state index contributed by atoms with van der Waals surface area (Å²) in [5.74, 6) is -1.60. The Morgan fingerprint density at radius 3 is 2.62 bits per heavy atom. The molecule has 0 aliphatic carbocycles. The van der Waals surface area contributed by atoms with Crippen LogP contribution in [-0.2, 0) is 4.79 Å². The Hall–Kier alpha value is -2.15. The average Bonchev–Trinajstić information content (AvgIpc) is 2.15. The van der Waals surface area contributed by atoms with E-state index in [1.54, 1.807) is 0 Å². The van der Waals surface area contributed by atoms with Crippen molar-refractivity contribution in [2.75, 3.05) is 0 Å². The van der Waals surface area contributed by atoms with Crippen LogP contribution in [0.4, 0.5) is 5.69 Å². The van der Waals surface area contributed by atoms with Crippen LogP contribution in [0.5, 0.6) is 5.75 Å². The number of carboxylic acids is 1. The highest BCUT2D eigenvalue weighted by Gasteiger charge is 2.17. The molecule has 1 aromatic carbocycles. The Labute approximate surface area is 90.3 Å². The molecule has 4 N–H and O–H groups in total. The predicted octanol–water partition coefficient (Wildman–Crippen LogP) is 0.775. The van der Waals surface area contributed by atoms with Gasteiger partial charge in [-0.15, -0.1) is 0 Å². The Balaban J connectivity index is 2.96. The molecule has 0 amide bonds. The molecule has 0 bridgehead atoms. The van der Waals surface area contributed by atoms with Crippen LogP contribution in [0.15, 0.2) is 18.2 Å². The lowest BCUT2D eigenvalue weighted by Gasteiger charge is -2.09. The standard InChI is InChI=1S/C9H10N2O5/c10-6(4-9(13)14)5-1-2-7(11(15)16)8(12)3-5/h1-3,6,12H,4,10H2,(H,13,14)/t6-/m1/s1. The molecule has 1 aromatic rings. The first kappa shape index (κ1) is 11.9. The van der Waals surface area contributed by atoms with E-state index in [9.17, 15) is 20.0 Å². The summed E-state index contributed by atoms with van der Waals surface area (Å²) in [7, 11) is 0. The van der Waals surface area contributed by atoms with Gasteiger partial charge < -0.3 is 15.9 Å². The highest BCUT2D eigenvalue weighted by Crippen LogP contribution is 2.28. The van der Waals surface area contributed by atoms with E-state index in [1.807, 2.05) is 0 Å². The number of hydrogen-bond donors (Lipinski definition) is 3. The number of carbonyl (C=O) groups is 1. The van der Waals surface area contributed by atoms with Gasteiger partial charge in [-0.1, -0.05) is 6.07 Å². The lowest BCUT2D eigenvalue weighted by molar-refractivity contribution is -0.385. The van der Waals surface area contributed by atoms with Crippen LogP contribution in [0.2, 0.25) is 0 Å². The van der Waals surface area contributed by atoms with Crippen molar-refractivity contribution in [2.45, 2.75) is 12.5 Å². The number of phenolic OH excluding ortho intramolecular Hbond substituents is 1. The van der Waals surface area contributed by atoms with Gasteiger partial charge in [0.25, 0.3) is 0 Å². The molecule has 0 saturated carbocycles. The highest BCUT2D eigenvalue weighted by molar-refractivity contribution is 5.68. The maximum absolute atomic E-state index is 10.4. The minimum atomic E-state index is -1.08. The van der Waals surface area contributed by atoms with E-state index in [1.165, 1.54) is 6.07 Å². The second kappa shape index (κ2) is 4.58. The van der Waals surface area contributed by atoms with Crippen molar-refractivity contribution in [1.82, 2.24) is 0 Å². The number of nitro groups is 1. The monoisotopic (exact) mass is 226 g/mol. The molecule has 7 heteroatoms. The highest BCUT2D eigenvalue weighted by atomic mass is 16.6. The molecule has 0 saturated heterocycles. The summed E-state index contributed by atoms with van der Waals surface area (Å²) in [6, 6.07) is 2.72. The fourth-order valence-electron chi connectivity index (χ4n) is 1.23. The number of aromatic hydroxyl groups is 1. The largest absolute Gasteiger partial charge is 0.502 e. The summed E-state index contributed by atoms with van der Waals surface area (Å²) in [4.78, 5) is 20.1. The Morgan fingerprint density at radius 1 is 1.56 bits per heavy atom. The van der Waals surface area contributed by atoms with Gasteiger partial charge in [0.2, 0.25) is 0 Å². The number of carboxylic acid groups (broad SMARTS) is 1. The fourth-order valence-corrected chi connectivity index (χ4v) is 1.23. The first-order chi connectivity index (χ1) is 7.41. The zero-order chi connectivity index (χ0) is 12.3. The minimum Gasteiger partial charge on any atom is -0.502 e. The predicted molar refractivity (Wildman–Crippen MR) is 53.9 cm³/mol. The molecule has 0 aromatic heterocycles. The number of hydrogen-bond acceptors (Lipinski definition) is 5. The molecule has 16 heavy (non-hydrogen) atoms. The van der Waals surface area contributed by atoms with Gasteiger partial charge in [0, 0.05) is 12.1 Å². The molecule has 1 atom stereocenters. The van der Waals surface area contributed by atoms with Crippen molar-refractivity contribution in [1.29, 1.82) is 0 Å². The number of rotatable bonds is 4. The third-order valence-corrected chi connectivity index (χ3v) is 2.02. The van der Waals surface area contributed by atoms with Crippen molar-refractivity contribution < 1.29 is 19.9 Å². The van der Waals surface area contributed by atoms with Crippen molar-refractivity contribution >= 4 is 11.7 Å². The second-order valence-electron chi connectivity index (χ2n) is 3.21. The van der Waals surface area contributed by atoms with Gasteiger partial charge in [0.1, 0.15) is 0 Å². The van der Waals surface area contributed by atoms with E-state index in [0.29, 0.717) is 5.56 Å². The van der Waals surface area contributed by atoms with Crippen molar-refractivity contribution in [2.24, 2.45) is 5.73 Å². The molecule has 86 valence electrons. The van der Waals surface area contributed by atoms with Gasteiger partial charge in [-0.2, -0.15) is 0 Å².